The molecular formula is C20H23NO5. The normalized spacial score (nSPS) is 15.0. The number of hydrogen-bond acceptors (Lipinski definition) is 5. The van der Waals surface area contributed by atoms with Gasteiger partial charge in [0, 0.05) is 18.0 Å². The van der Waals surface area contributed by atoms with Crippen molar-refractivity contribution in [2.75, 3.05) is 13.7 Å². The van der Waals surface area contributed by atoms with Crippen molar-refractivity contribution in [3.8, 4) is 0 Å². The Hall–Kier alpha value is -2.63. The maximum atomic E-state index is 13.1. The summed E-state index contributed by atoms with van der Waals surface area (Å²) in [6.07, 6.45) is 5.10. The van der Waals surface area contributed by atoms with Gasteiger partial charge in [-0.25, -0.2) is 4.79 Å². The highest BCUT2D eigenvalue weighted by molar-refractivity contribution is 5.97. The van der Waals surface area contributed by atoms with Gasteiger partial charge in [0.05, 0.1) is 13.5 Å². The zero-order valence-corrected chi connectivity index (χ0v) is 14.9. The van der Waals surface area contributed by atoms with Gasteiger partial charge in [0.25, 0.3) is 5.91 Å². The fraction of sp³-hybridized carbons (Fsp3) is 0.450. The number of esters is 1. The van der Waals surface area contributed by atoms with Gasteiger partial charge < -0.3 is 14.1 Å². The van der Waals surface area contributed by atoms with Gasteiger partial charge >= 0.3 is 11.6 Å². The molecule has 0 spiro atoms. The molecule has 0 N–H and O–H groups in total. The first-order valence-corrected chi connectivity index (χ1v) is 9.01. The van der Waals surface area contributed by atoms with Crippen LogP contribution in [-0.4, -0.2) is 36.5 Å². The molecule has 6 heteroatoms. The Morgan fingerprint density at radius 2 is 1.92 bits per heavy atom. The highest BCUT2D eigenvalue weighted by atomic mass is 16.5. The molecule has 26 heavy (non-hydrogen) atoms. The van der Waals surface area contributed by atoms with Gasteiger partial charge in [-0.1, -0.05) is 37.5 Å². The summed E-state index contributed by atoms with van der Waals surface area (Å²) >= 11 is 0. The van der Waals surface area contributed by atoms with Crippen LogP contribution in [0.2, 0.25) is 0 Å². The van der Waals surface area contributed by atoms with Crippen LogP contribution in [-0.2, 0) is 9.53 Å². The summed E-state index contributed by atoms with van der Waals surface area (Å²) < 4.78 is 10.0. The lowest BCUT2D eigenvalue weighted by atomic mass is 9.93. The fourth-order valence-electron chi connectivity index (χ4n) is 3.52. The number of carbonyl (C=O) groups is 2. The number of para-hydroxylation sites is 1. The Bertz CT molecular complexity index is 851. The van der Waals surface area contributed by atoms with Crippen molar-refractivity contribution in [1.29, 1.82) is 0 Å². The predicted molar refractivity (Wildman–Crippen MR) is 97.0 cm³/mol. The molecule has 1 fully saturated rings. The number of carbonyl (C=O) groups excluding carboxylic acids is 2. The number of fused-ring (bicyclic) bond motifs is 1. The van der Waals surface area contributed by atoms with Crippen LogP contribution in [0.3, 0.4) is 0 Å². The summed E-state index contributed by atoms with van der Waals surface area (Å²) in [7, 11) is 1.33. The summed E-state index contributed by atoms with van der Waals surface area (Å²) in [6, 6.07) is 8.71. The van der Waals surface area contributed by atoms with Gasteiger partial charge in [0.15, 0.2) is 0 Å². The summed E-state index contributed by atoms with van der Waals surface area (Å²) in [5, 5.41) is 0.701. The molecule has 138 valence electrons. The van der Waals surface area contributed by atoms with E-state index in [1.165, 1.54) is 7.11 Å². The molecule has 1 heterocycles. The molecule has 0 bridgehead atoms. The lowest BCUT2D eigenvalue weighted by Crippen LogP contribution is -2.44. The van der Waals surface area contributed by atoms with Gasteiger partial charge in [-0.15, -0.1) is 0 Å². The third kappa shape index (κ3) is 3.95. The molecule has 0 atom stereocenters. The van der Waals surface area contributed by atoms with Crippen molar-refractivity contribution in [2.45, 2.75) is 44.6 Å². The topological polar surface area (TPSA) is 76.8 Å². The van der Waals surface area contributed by atoms with Gasteiger partial charge in [-0.05, 0) is 25.0 Å². The number of nitrogens with zero attached hydrogens (tertiary/aromatic N) is 1. The minimum Gasteiger partial charge on any atom is -0.469 e. The van der Waals surface area contributed by atoms with E-state index in [1.807, 2.05) is 6.07 Å². The molecular weight excluding hydrogens is 334 g/mol. The summed E-state index contributed by atoms with van der Waals surface area (Å²) in [5.74, 6) is -0.746. The van der Waals surface area contributed by atoms with Crippen LogP contribution in [0.25, 0.3) is 11.0 Å². The third-order valence-corrected chi connectivity index (χ3v) is 4.93. The lowest BCUT2D eigenvalue weighted by Gasteiger charge is -2.34. The lowest BCUT2D eigenvalue weighted by molar-refractivity contribution is -0.140. The molecule has 0 radical (unpaired) electrons. The summed E-state index contributed by atoms with van der Waals surface area (Å²) in [6.45, 7) is 0.239. The molecule has 1 aliphatic rings. The smallest absolute Gasteiger partial charge is 0.349 e. The monoisotopic (exact) mass is 357 g/mol. The second kappa shape index (κ2) is 8.17. The number of ether oxygens (including phenoxy) is 1. The molecule has 1 amide bonds. The first-order chi connectivity index (χ1) is 12.6. The van der Waals surface area contributed by atoms with Crippen molar-refractivity contribution >= 4 is 22.8 Å². The van der Waals surface area contributed by atoms with E-state index in [-0.39, 0.29) is 36.4 Å². The molecule has 1 aliphatic carbocycles. The van der Waals surface area contributed by atoms with Gasteiger partial charge in [-0.2, -0.15) is 0 Å². The van der Waals surface area contributed by atoms with Crippen molar-refractivity contribution in [2.24, 2.45) is 0 Å². The standard InChI is InChI=1S/C20H23NO5/c1-25-18(22)11-12-21(15-8-3-2-4-9-15)19(23)16-13-14-7-5-6-10-17(14)26-20(16)24/h5-7,10,13,15H,2-4,8-9,11-12H2,1H3. The van der Waals surface area contributed by atoms with Crippen molar-refractivity contribution in [3.63, 3.8) is 0 Å². The Balaban J connectivity index is 1.91. The molecule has 0 saturated heterocycles. The van der Waals surface area contributed by atoms with E-state index in [0.29, 0.717) is 11.0 Å². The SMILES string of the molecule is COC(=O)CCN(C(=O)c1cc2ccccc2oc1=O)C1CCCCC1. The minimum atomic E-state index is -0.646. The van der Waals surface area contributed by atoms with E-state index in [1.54, 1.807) is 29.2 Å². The number of benzene rings is 1. The van der Waals surface area contributed by atoms with Crippen molar-refractivity contribution in [1.82, 2.24) is 4.90 Å². The highest BCUT2D eigenvalue weighted by Gasteiger charge is 2.29. The largest absolute Gasteiger partial charge is 0.469 e. The van der Waals surface area contributed by atoms with Crippen LogP contribution in [0, 0.1) is 0 Å². The van der Waals surface area contributed by atoms with E-state index >= 15 is 0 Å². The van der Waals surface area contributed by atoms with Gasteiger partial charge in [0.1, 0.15) is 11.1 Å². The van der Waals surface area contributed by atoms with E-state index in [2.05, 4.69) is 0 Å². The van der Waals surface area contributed by atoms with E-state index in [9.17, 15) is 14.4 Å². The molecule has 3 rings (SSSR count). The average molecular weight is 357 g/mol. The molecule has 0 aliphatic heterocycles. The third-order valence-electron chi connectivity index (χ3n) is 4.93. The van der Waals surface area contributed by atoms with E-state index in [4.69, 9.17) is 9.15 Å². The number of rotatable bonds is 5. The maximum absolute atomic E-state index is 13.1. The predicted octanol–water partition coefficient (Wildman–Crippen LogP) is 3.13. The van der Waals surface area contributed by atoms with Crippen LogP contribution in [0.1, 0.15) is 48.9 Å². The van der Waals surface area contributed by atoms with Crippen LogP contribution in [0.5, 0.6) is 0 Å². The molecule has 1 saturated carbocycles. The van der Waals surface area contributed by atoms with Crippen LogP contribution < -0.4 is 5.63 Å². The average Bonchev–Trinajstić information content (AvgIpc) is 2.68. The first kappa shape index (κ1) is 18.2. The number of amides is 1. The molecule has 0 unspecified atom stereocenters. The number of hydrogen-bond donors (Lipinski definition) is 0. The Labute approximate surface area is 151 Å². The van der Waals surface area contributed by atoms with Crippen LogP contribution >= 0.6 is 0 Å². The second-order valence-electron chi connectivity index (χ2n) is 6.60. The minimum absolute atomic E-state index is 0.0131. The van der Waals surface area contributed by atoms with Crippen molar-refractivity contribution in [3.05, 3.63) is 46.3 Å². The van der Waals surface area contributed by atoms with Crippen molar-refractivity contribution < 1.29 is 18.7 Å². The Morgan fingerprint density at radius 3 is 2.65 bits per heavy atom. The van der Waals surface area contributed by atoms with Gasteiger partial charge in [-0.3, -0.25) is 9.59 Å². The Kier molecular flexibility index (Phi) is 5.71. The molecule has 6 nitrogen and oxygen atoms in total. The second-order valence-corrected chi connectivity index (χ2v) is 6.60. The first-order valence-electron chi connectivity index (χ1n) is 9.01. The van der Waals surface area contributed by atoms with Crippen LogP contribution in [0.4, 0.5) is 0 Å². The summed E-state index contributed by atoms with van der Waals surface area (Å²) in [5.41, 5.74) is -0.181. The van der Waals surface area contributed by atoms with E-state index in [0.717, 1.165) is 32.1 Å². The zero-order chi connectivity index (χ0) is 18.5. The molecule has 1 aromatic heterocycles. The Morgan fingerprint density at radius 1 is 1.19 bits per heavy atom. The van der Waals surface area contributed by atoms with Crippen LogP contribution in [0.15, 0.2) is 39.5 Å². The maximum Gasteiger partial charge on any atom is 0.349 e. The number of methoxy groups -OCH3 is 1. The quantitative estimate of drug-likeness (QED) is 0.607. The van der Waals surface area contributed by atoms with Gasteiger partial charge in [0.2, 0.25) is 0 Å². The fourth-order valence-corrected chi connectivity index (χ4v) is 3.52. The summed E-state index contributed by atoms with van der Waals surface area (Å²) in [4.78, 5) is 38.7. The molecule has 1 aromatic carbocycles. The highest BCUT2D eigenvalue weighted by Crippen LogP contribution is 2.24. The molecule has 2 aromatic rings. The zero-order valence-electron chi connectivity index (χ0n) is 14.9. The van der Waals surface area contributed by atoms with E-state index < -0.39 is 5.63 Å².